The predicted molar refractivity (Wildman–Crippen MR) is 75.2 cm³/mol. The Morgan fingerprint density at radius 1 is 1.55 bits per heavy atom. The minimum absolute atomic E-state index is 0.00603. The molecule has 1 aromatic heterocycles. The molecule has 0 spiro atoms. The summed E-state index contributed by atoms with van der Waals surface area (Å²) >= 11 is 0. The van der Waals surface area contributed by atoms with Crippen LogP contribution in [0.25, 0.3) is 0 Å². The second-order valence-electron chi connectivity index (χ2n) is 5.67. The van der Waals surface area contributed by atoms with Crippen molar-refractivity contribution < 1.29 is 8.78 Å². The molecule has 3 N–H and O–H groups in total. The van der Waals surface area contributed by atoms with Gasteiger partial charge in [0.15, 0.2) is 0 Å². The van der Waals surface area contributed by atoms with Gasteiger partial charge in [0.05, 0.1) is 11.7 Å². The number of nitrogens with two attached hydrogens (primary N) is 1. The van der Waals surface area contributed by atoms with Crippen LogP contribution in [0.1, 0.15) is 56.3 Å². The molecule has 20 heavy (non-hydrogen) atoms. The second kappa shape index (κ2) is 6.59. The number of hydrogen-bond donors (Lipinski definition) is 2. The summed E-state index contributed by atoms with van der Waals surface area (Å²) in [4.78, 5) is 4.39. The van der Waals surface area contributed by atoms with Crippen molar-refractivity contribution in [1.82, 2.24) is 10.4 Å². The van der Waals surface area contributed by atoms with Gasteiger partial charge in [0, 0.05) is 19.0 Å². The molecule has 112 valence electrons. The lowest BCUT2D eigenvalue weighted by atomic mass is 9.81. The van der Waals surface area contributed by atoms with Crippen molar-refractivity contribution >= 4 is 0 Å². The zero-order chi connectivity index (χ0) is 14.6. The van der Waals surface area contributed by atoms with E-state index in [1.807, 2.05) is 12.1 Å². The minimum Gasteiger partial charge on any atom is -0.271 e. The normalized spacial score (nSPS) is 23.5. The van der Waals surface area contributed by atoms with Crippen LogP contribution in [0.4, 0.5) is 8.78 Å². The molecular weight excluding hydrogens is 260 g/mol. The van der Waals surface area contributed by atoms with Gasteiger partial charge in [-0.15, -0.1) is 0 Å². The molecule has 1 fully saturated rings. The number of rotatable bonds is 5. The van der Waals surface area contributed by atoms with Crippen molar-refractivity contribution in [2.75, 3.05) is 0 Å². The summed E-state index contributed by atoms with van der Waals surface area (Å²) in [5, 5.41) is 0. The van der Waals surface area contributed by atoms with Crippen molar-refractivity contribution in [3.05, 3.63) is 29.6 Å². The van der Waals surface area contributed by atoms with Gasteiger partial charge < -0.3 is 0 Å². The molecule has 0 aliphatic heterocycles. The zero-order valence-electron chi connectivity index (χ0n) is 11.9. The van der Waals surface area contributed by atoms with E-state index in [0.717, 1.165) is 24.1 Å². The zero-order valence-corrected chi connectivity index (χ0v) is 11.9. The third-order valence-electron chi connectivity index (χ3n) is 4.15. The van der Waals surface area contributed by atoms with Crippen LogP contribution in [0.2, 0.25) is 0 Å². The summed E-state index contributed by atoms with van der Waals surface area (Å²) in [5.41, 5.74) is 4.78. The highest BCUT2D eigenvalue weighted by Crippen LogP contribution is 2.40. The van der Waals surface area contributed by atoms with E-state index in [2.05, 4.69) is 17.3 Å². The van der Waals surface area contributed by atoms with Gasteiger partial charge in [-0.25, -0.2) is 8.78 Å². The van der Waals surface area contributed by atoms with Gasteiger partial charge in [0.2, 0.25) is 5.92 Å². The van der Waals surface area contributed by atoms with E-state index in [-0.39, 0.29) is 24.8 Å². The van der Waals surface area contributed by atoms with E-state index in [1.165, 1.54) is 0 Å². The van der Waals surface area contributed by atoms with Crippen molar-refractivity contribution in [3.63, 3.8) is 0 Å². The van der Waals surface area contributed by atoms with E-state index in [0.29, 0.717) is 12.8 Å². The lowest BCUT2D eigenvalue weighted by Gasteiger charge is -2.31. The van der Waals surface area contributed by atoms with Crippen LogP contribution in [0.5, 0.6) is 0 Å². The Morgan fingerprint density at radius 2 is 2.35 bits per heavy atom. The van der Waals surface area contributed by atoms with E-state index < -0.39 is 5.92 Å². The molecule has 1 heterocycles. The number of hydrazine groups is 1. The Bertz CT molecular complexity index is 437. The Balaban J connectivity index is 2.09. The summed E-state index contributed by atoms with van der Waals surface area (Å²) in [7, 11) is 0. The molecule has 1 saturated carbocycles. The third kappa shape index (κ3) is 3.73. The highest BCUT2D eigenvalue weighted by atomic mass is 19.3. The van der Waals surface area contributed by atoms with E-state index in [1.54, 1.807) is 6.20 Å². The first-order valence-corrected chi connectivity index (χ1v) is 7.33. The topological polar surface area (TPSA) is 50.9 Å². The SMILES string of the molecule is CCc1cccnc1C(CC1CCCC(F)(F)C1)NN. The van der Waals surface area contributed by atoms with Gasteiger partial charge in [-0.05, 0) is 43.2 Å². The number of nitrogens with zero attached hydrogens (tertiary/aromatic N) is 1. The molecule has 2 unspecified atom stereocenters. The molecule has 0 aromatic carbocycles. The highest BCUT2D eigenvalue weighted by Gasteiger charge is 2.37. The average molecular weight is 283 g/mol. The minimum atomic E-state index is -2.51. The molecule has 1 aliphatic rings. The Kier molecular flexibility index (Phi) is 5.05. The fraction of sp³-hybridized carbons (Fsp3) is 0.667. The fourth-order valence-corrected chi connectivity index (χ4v) is 3.13. The largest absolute Gasteiger partial charge is 0.271 e. The van der Waals surface area contributed by atoms with E-state index >= 15 is 0 Å². The van der Waals surface area contributed by atoms with Gasteiger partial charge in [-0.3, -0.25) is 16.3 Å². The molecule has 1 aromatic rings. The molecule has 2 rings (SSSR count). The van der Waals surface area contributed by atoms with Crippen LogP contribution >= 0.6 is 0 Å². The molecule has 1 aliphatic carbocycles. The molecule has 2 atom stereocenters. The van der Waals surface area contributed by atoms with E-state index in [9.17, 15) is 8.78 Å². The number of aromatic nitrogens is 1. The van der Waals surface area contributed by atoms with Crippen molar-refractivity contribution in [2.24, 2.45) is 11.8 Å². The van der Waals surface area contributed by atoms with Gasteiger partial charge in [0.1, 0.15) is 0 Å². The molecule has 0 amide bonds. The maximum atomic E-state index is 13.5. The molecule has 3 nitrogen and oxygen atoms in total. The summed E-state index contributed by atoms with van der Waals surface area (Å²) in [6.07, 6.45) is 4.65. The van der Waals surface area contributed by atoms with Crippen LogP contribution in [0.3, 0.4) is 0 Å². The first kappa shape index (κ1) is 15.3. The van der Waals surface area contributed by atoms with Gasteiger partial charge in [0.25, 0.3) is 0 Å². The second-order valence-corrected chi connectivity index (χ2v) is 5.67. The molecule has 5 heteroatoms. The highest BCUT2D eigenvalue weighted by molar-refractivity contribution is 5.22. The average Bonchev–Trinajstić information content (AvgIpc) is 2.44. The number of aryl methyl sites for hydroxylation is 1. The Labute approximate surface area is 118 Å². The lowest BCUT2D eigenvalue weighted by molar-refractivity contribution is -0.0549. The standard InChI is InChI=1S/C15H23F2N3/c1-2-12-6-4-8-19-14(12)13(20-18)9-11-5-3-7-15(16,17)10-11/h4,6,8,11,13,20H,2-3,5,7,9-10,18H2,1H3. The molecule has 0 bridgehead atoms. The summed E-state index contributed by atoms with van der Waals surface area (Å²) in [6.45, 7) is 2.06. The first-order chi connectivity index (χ1) is 9.55. The maximum absolute atomic E-state index is 13.5. The van der Waals surface area contributed by atoms with Crippen LogP contribution in [-0.4, -0.2) is 10.9 Å². The van der Waals surface area contributed by atoms with Gasteiger partial charge in [-0.1, -0.05) is 13.0 Å². The van der Waals surface area contributed by atoms with Gasteiger partial charge >= 0.3 is 0 Å². The molecule has 0 saturated heterocycles. The predicted octanol–water partition coefficient (Wildman–Crippen LogP) is 3.36. The Hall–Kier alpha value is -1.07. The van der Waals surface area contributed by atoms with Crippen molar-refractivity contribution in [3.8, 4) is 0 Å². The van der Waals surface area contributed by atoms with Crippen molar-refractivity contribution in [1.29, 1.82) is 0 Å². The number of alkyl halides is 2. The Morgan fingerprint density at radius 3 is 3.00 bits per heavy atom. The van der Waals surface area contributed by atoms with Crippen LogP contribution in [-0.2, 0) is 6.42 Å². The molecule has 0 radical (unpaired) electrons. The van der Waals surface area contributed by atoms with Crippen LogP contribution in [0, 0.1) is 5.92 Å². The fourth-order valence-electron chi connectivity index (χ4n) is 3.13. The number of pyridine rings is 1. The quantitative estimate of drug-likeness (QED) is 0.643. The lowest BCUT2D eigenvalue weighted by Crippen LogP contribution is -2.34. The summed E-state index contributed by atoms with van der Waals surface area (Å²) in [6, 6.07) is 3.76. The van der Waals surface area contributed by atoms with Crippen LogP contribution < -0.4 is 11.3 Å². The van der Waals surface area contributed by atoms with Crippen LogP contribution in [0.15, 0.2) is 18.3 Å². The number of hydrogen-bond acceptors (Lipinski definition) is 3. The van der Waals surface area contributed by atoms with Crippen molar-refractivity contribution in [2.45, 2.75) is 57.4 Å². The molecular formula is C15H23F2N3. The third-order valence-corrected chi connectivity index (χ3v) is 4.15. The van der Waals surface area contributed by atoms with E-state index in [4.69, 9.17) is 5.84 Å². The van der Waals surface area contributed by atoms with Gasteiger partial charge in [-0.2, -0.15) is 0 Å². The summed E-state index contributed by atoms with van der Waals surface area (Å²) < 4.78 is 27.0. The first-order valence-electron chi connectivity index (χ1n) is 7.33. The maximum Gasteiger partial charge on any atom is 0.248 e. The smallest absolute Gasteiger partial charge is 0.248 e. The number of halogens is 2. The monoisotopic (exact) mass is 283 g/mol. The summed E-state index contributed by atoms with van der Waals surface area (Å²) in [5.74, 6) is 3.13. The number of nitrogens with one attached hydrogen (secondary N) is 1.